The summed E-state index contributed by atoms with van der Waals surface area (Å²) in [7, 11) is 1.75. The van der Waals surface area contributed by atoms with Crippen LogP contribution in [0.25, 0.3) is 0 Å². The van der Waals surface area contributed by atoms with Crippen LogP contribution >= 0.6 is 0 Å². The molecule has 0 amide bonds. The molecule has 0 radical (unpaired) electrons. The van der Waals surface area contributed by atoms with E-state index >= 15 is 0 Å². The average Bonchev–Trinajstić information content (AvgIpc) is 2.84. The predicted octanol–water partition coefficient (Wildman–Crippen LogP) is 2.12. The van der Waals surface area contributed by atoms with Gasteiger partial charge >= 0.3 is 0 Å². The van der Waals surface area contributed by atoms with Crippen molar-refractivity contribution in [3.8, 4) is 0 Å². The minimum atomic E-state index is 0.743. The third-order valence-electron chi connectivity index (χ3n) is 2.45. The highest BCUT2D eigenvalue weighted by Crippen LogP contribution is 1.98. The molecule has 0 aromatic carbocycles. The van der Waals surface area contributed by atoms with E-state index in [1.54, 1.807) is 19.5 Å². The van der Waals surface area contributed by atoms with Gasteiger partial charge < -0.3 is 4.98 Å². The average molecular weight is 240 g/mol. The molecule has 0 aliphatic rings. The maximum absolute atomic E-state index is 4.37. The summed E-state index contributed by atoms with van der Waals surface area (Å²) < 4.78 is 0. The molecule has 92 valence electrons. The highest BCUT2D eigenvalue weighted by molar-refractivity contribution is 5.83. The molecule has 0 aliphatic carbocycles. The minimum absolute atomic E-state index is 0.743. The van der Waals surface area contributed by atoms with E-state index in [9.17, 15) is 0 Å². The zero-order valence-corrected chi connectivity index (χ0v) is 10.4. The summed E-state index contributed by atoms with van der Waals surface area (Å²) in [6.07, 6.45) is 6.29. The van der Waals surface area contributed by atoms with E-state index in [0.29, 0.717) is 0 Å². The summed E-state index contributed by atoms with van der Waals surface area (Å²) in [6, 6.07) is 9.89. The fourth-order valence-electron chi connectivity index (χ4n) is 1.61. The molecule has 0 fully saturated rings. The number of aromatic amines is 1. The zero-order valence-electron chi connectivity index (χ0n) is 10.4. The molecular formula is C14H16N4. The van der Waals surface area contributed by atoms with Crippen LogP contribution in [0.3, 0.4) is 0 Å². The van der Waals surface area contributed by atoms with Gasteiger partial charge in [0.25, 0.3) is 0 Å². The summed E-state index contributed by atoms with van der Waals surface area (Å²) in [5.74, 6) is 0. The maximum atomic E-state index is 4.37. The number of nitrogens with one attached hydrogen (secondary N) is 1. The highest BCUT2D eigenvalue weighted by atomic mass is 14.8. The van der Waals surface area contributed by atoms with Crippen LogP contribution in [0.4, 0.5) is 0 Å². The van der Waals surface area contributed by atoms with Gasteiger partial charge in [0, 0.05) is 44.3 Å². The van der Waals surface area contributed by atoms with Gasteiger partial charge in [0.05, 0.1) is 11.4 Å². The number of rotatable bonds is 5. The van der Waals surface area contributed by atoms with Gasteiger partial charge in [-0.25, -0.2) is 0 Å². The van der Waals surface area contributed by atoms with Crippen LogP contribution in [0, 0.1) is 0 Å². The molecular weight excluding hydrogens is 224 g/mol. The van der Waals surface area contributed by atoms with Crippen molar-refractivity contribution in [2.24, 2.45) is 9.98 Å². The molecule has 0 bridgehead atoms. The first kappa shape index (κ1) is 12.2. The Bertz CT molecular complexity index is 526. The lowest BCUT2D eigenvalue weighted by atomic mass is 10.3. The zero-order chi connectivity index (χ0) is 12.6. The van der Waals surface area contributed by atoms with E-state index in [-0.39, 0.29) is 0 Å². The number of nitrogens with zero attached hydrogens (tertiary/aromatic N) is 3. The fourth-order valence-corrected chi connectivity index (χ4v) is 1.61. The molecule has 1 N–H and O–H groups in total. The minimum Gasteiger partial charge on any atom is -0.353 e. The summed E-state index contributed by atoms with van der Waals surface area (Å²) in [5.41, 5.74) is 3.05. The standard InChI is InChI=1S/C14H16N4/c1-15-10-13-5-6-14(18-13)11-16-9-7-12-4-2-3-8-17-12/h2-6,8,10-11,18H,7,9H2,1H3. The normalized spacial score (nSPS) is 11.6. The topological polar surface area (TPSA) is 53.4 Å². The number of hydrogen-bond donors (Lipinski definition) is 1. The van der Waals surface area contributed by atoms with Crippen molar-refractivity contribution < 1.29 is 0 Å². The van der Waals surface area contributed by atoms with Crippen LogP contribution in [-0.2, 0) is 6.42 Å². The molecule has 0 unspecified atom stereocenters. The second-order valence-electron chi connectivity index (χ2n) is 3.86. The second kappa shape index (κ2) is 6.49. The van der Waals surface area contributed by atoms with E-state index in [2.05, 4.69) is 20.0 Å². The second-order valence-corrected chi connectivity index (χ2v) is 3.86. The largest absolute Gasteiger partial charge is 0.353 e. The van der Waals surface area contributed by atoms with Gasteiger partial charge in [0.2, 0.25) is 0 Å². The van der Waals surface area contributed by atoms with Crippen LogP contribution in [0.15, 0.2) is 46.5 Å². The molecule has 2 heterocycles. The Kier molecular flexibility index (Phi) is 4.41. The van der Waals surface area contributed by atoms with Gasteiger partial charge in [-0.3, -0.25) is 15.0 Å². The Hall–Kier alpha value is -2.23. The molecule has 0 saturated carbocycles. The summed E-state index contributed by atoms with van der Waals surface area (Å²) >= 11 is 0. The van der Waals surface area contributed by atoms with E-state index in [1.165, 1.54) is 0 Å². The van der Waals surface area contributed by atoms with Crippen molar-refractivity contribution in [3.05, 3.63) is 53.6 Å². The molecule has 0 spiro atoms. The molecule has 0 atom stereocenters. The fraction of sp³-hybridized carbons (Fsp3) is 0.214. The van der Waals surface area contributed by atoms with Crippen LogP contribution < -0.4 is 0 Å². The molecule has 2 rings (SSSR count). The van der Waals surface area contributed by atoms with Crippen molar-refractivity contribution >= 4 is 12.4 Å². The van der Waals surface area contributed by atoms with Crippen molar-refractivity contribution in [1.29, 1.82) is 0 Å². The molecule has 18 heavy (non-hydrogen) atoms. The van der Waals surface area contributed by atoms with E-state index in [0.717, 1.165) is 30.0 Å². The Morgan fingerprint density at radius 3 is 2.72 bits per heavy atom. The van der Waals surface area contributed by atoms with Gasteiger partial charge in [-0.15, -0.1) is 0 Å². The first-order valence-corrected chi connectivity index (χ1v) is 5.89. The molecule has 0 aliphatic heterocycles. The van der Waals surface area contributed by atoms with Crippen molar-refractivity contribution in [2.45, 2.75) is 6.42 Å². The Morgan fingerprint density at radius 2 is 2.00 bits per heavy atom. The summed E-state index contributed by atoms with van der Waals surface area (Å²) in [5, 5.41) is 0. The Balaban J connectivity index is 1.84. The quantitative estimate of drug-likeness (QED) is 0.800. The third kappa shape index (κ3) is 3.66. The first-order chi connectivity index (χ1) is 8.88. The lowest BCUT2D eigenvalue weighted by molar-refractivity contribution is 0.926. The number of H-pyrrole nitrogens is 1. The van der Waals surface area contributed by atoms with Gasteiger partial charge in [-0.2, -0.15) is 0 Å². The molecule has 2 aromatic rings. The van der Waals surface area contributed by atoms with Crippen molar-refractivity contribution in [2.75, 3.05) is 13.6 Å². The molecule has 4 heteroatoms. The lowest BCUT2D eigenvalue weighted by Gasteiger charge is -1.95. The van der Waals surface area contributed by atoms with Crippen LogP contribution in [0.1, 0.15) is 17.1 Å². The van der Waals surface area contributed by atoms with Crippen molar-refractivity contribution in [1.82, 2.24) is 9.97 Å². The van der Waals surface area contributed by atoms with Crippen molar-refractivity contribution in [3.63, 3.8) is 0 Å². The SMILES string of the molecule is CN=Cc1ccc(C=NCCc2ccccn2)[nH]1. The number of aromatic nitrogens is 2. The Morgan fingerprint density at radius 1 is 1.17 bits per heavy atom. The smallest absolute Gasteiger partial charge is 0.0566 e. The van der Waals surface area contributed by atoms with Gasteiger partial charge in [-0.05, 0) is 24.3 Å². The Labute approximate surface area is 107 Å². The lowest BCUT2D eigenvalue weighted by Crippen LogP contribution is -1.93. The monoisotopic (exact) mass is 240 g/mol. The van der Waals surface area contributed by atoms with Crippen LogP contribution in [-0.4, -0.2) is 36.0 Å². The highest BCUT2D eigenvalue weighted by Gasteiger charge is 1.93. The van der Waals surface area contributed by atoms with E-state index in [4.69, 9.17) is 0 Å². The number of pyridine rings is 1. The van der Waals surface area contributed by atoms with Gasteiger partial charge in [0.1, 0.15) is 0 Å². The number of aliphatic imine (C=N–C) groups is 2. The third-order valence-corrected chi connectivity index (χ3v) is 2.45. The molecule has 2 aromatic heterocycles. The van der Waals surface area contributed by atoms with E-state index in [1.807, 2.05) is 36.5 Å². The number of hydrogen-bond acceptors (Lipinski definition) is 3. The van der Waals surface area contributed by atoms with Crippen LogP contribution in [0.5, 0.6) is 0 Å². The van der Waals surface area contributed by atoms with E-state index < -0.39 is 0 Å². The predicted molar refractivity (Wildman–Crippen MR) is 74.7 cm³/mol. The van der Waals surface area contributed by atoms with Crippen LogP contribution in [0.2, 0.25) is 0 Å². The molecule has 4 nitrogen and oxygen atoms in total. The summed E-state index contributed by atoms with van der Waals surface area (Å²) in [4.78, 5) is 15.8. The molecule has 0 saturated heterocycles. The first-order valence-electron chi connectivity index (χ1n) is 5.89. The van der Waals surface area contributed by atoms with Gasteiger partial charge in [0.15, 0.2) is 0 Å². The van der Waals surface area contributed by atoms with Gasteiger partial charge in [-0.1, -0.05) is 6.07 Å². The maximum Gasteiger partial charge on any atom is 0.0566 e. The summed E-state index contributed by atoms with van der Waals surface area (Å²) in [6.45, 7) is 0.743.